The molecule has 2 unspecified atom stereocenters. The van der Waals surface area contributed by atoms with Gasteiger partial charge in [-0.25, -0.2) is 9.64 Å². The van der Waals surface area contributed by atoms with Crippen LogP contribution in [0.25, 0.3) is 75.5 Å². The highest BCUT2D eigenvalue weighted by Crippen LogP contribution is 2.53. The normalized spacial score (nSPS) is 12.5. The van der Waals surface area contributed by atoms with Gasteiger partial charge in [-0.15, -0.1) is 79.4 Å². The molecule has 0 N–H and O–H groups in total. The van der Waals surface area contributed by atoms with Crippen LogP contribution < -0.4 is 0 Å². The minimum absolute atomic E-state index is 0.0719. The molecule has 622 valence electrons. The monoisotopic (exact) mass is 1660 g/mol. The summed E-state index contributed by atoms with van der Waals surface area (Å²) in [4.78, 5) is 49.7. The Labute approximate surface area is 716 Å². The molecule has 0 aliphatic rings. The molecule has 7 heterocycles. The Morgan fingerprint density at radius 3 is 0.903 bits per heavy atom. The first-order valence-corrected chi connectivity index (χ1v) is 51.6. The van der Waals surface area contributed by atoms with Gasteiger partial charge in [0.2, 0.25) is 0 Å². The highest BCUT2D eigenvalue weighted by Gasteiger charge is 2.27. The Kier molecular flexibility index (Phi) is 47.8. The lowest BCUT2D eigenvalue weighted by Crippen LogP contribution is -2.14. The van der Waals surface area contributed by atoms with E-state index in [0.717, 1.165) is 112 Å². The van der Waals surface area contributed by atoms with Crippen molar-refractivity contribution in [3.63, 3.8) is 0 Å². The van der Waals surface area contributed by atoms with Crippen molar-refractivity contribution in [2.45, 2.75) is 390 Å². The van der Waals surface area contributed by atoms with Crippen molar-refractivity contribution in [3.05, 3.63) is 114 Å². The summed E-state index contributed by atoms with van der Waals surface area (Å²) in [6, 6.07) is 22.2. The van der Waals surface area contributed by atoms with Gasteiger partial charge in [-0.2, -0.15) is 5.26 Å². The summed E-state index contributed by atoms with van der Waals surface area (Å²) in [7, 11) is 0. The minimum Gasteiger partial charge on any atom is -0.470 e. The maximum Gasteiger partial charge on any atom is 0.348 e. The third kappa shape index (κ3) is 32.9. The van der Waals surface area contributed by atoms with E-state index in [9.17, 15) is 14.9 Å². The number of ether oxygens (including phenoxy) is 2. The Balaban J connectivity index is 1.34. The number of aryl methyl sites for hydroxylation is 6. The standard InChI is InChI=1S/C100H146N2O4S7/c1-12-22-30-36-42-48-56-77-64-84(66-83(72-101)99(103)105-73-75(20-9)54-28-18-7)107-95(77)89-69-81(60-52-46-40-34-26-16-5)97(112-89)91-67-79(58-50-44-38-32-24-14-3)93(110-91)87-62-63-88(109-87)94-80(59-51-45-39-33-25-15-4)68-92(111-94)98-82(61-53-47-41-35-27-17-6)70-90(113-98)96-78(57-49-43-37-31-23-13-2)65-85(108-96)71-86(102-11)100(104)106-74-76(21-10)55-29-19-8/h62-71,75-76H,12-61,73-74H2,1-10H3/b83-66+,86-71-. The first-order chi connectivity index (χ1) is 55.4. The Bertz CT molecular complexity index is 3700. The number of nitrogens with zero attached hydrogens (tertiary/aromatic N) is 2. The van der Waals surface area contributed by atoms with Crippen LogP contribution in [-0.2, 0) is 57.6 Å². The molecule has 7 rings (SSSR count). The summed E-state index contributed by atoms with van der Waals surface area (Å²) < 4.78 is 11.8. The van der Waals surface area contributed by atoms with E-state index >= 15 is 0 Å². The third-order valence-electron chi connectivity index (χ3n) is 22.9. The zero-order chi connectivity index (χ0) is 80.6. The molecule has 13 heteroatoms. The third-order valence-corrected chi connectivity index (χ3v) is 32.0. The average Bonchev–Trinajstić information content (AvgIpc) is 1.62. The van der Waals surface area contributed by atoms with E-state index in [1.807, 2.05) is 68.8 Å². The van der Waals surface area contributed by atoms with Gasteiger partial charge in [0.05, 0.1) is 19.8 Å². The smallest absolute Gasteiger partial charge is 0.348 e. The molecule has 2 atom stereocenters. The van der Waals surface area contributed by atoms with Gasteiger partial charge in [0.1, 0.15) is 11.6 Å². The van der Waals surface area contributed by atoms with E-state index in [1.165, 1.54) is 310 Å². The Hall–Kier alpha value is -4.70. The molecule has 0 radical (unpaired) electrons. The van der Waals surface area contributed by atoms with E-state index in [0.29, 0.717) is 25.0 Å². The zero-order valence-corrected chi connectivity index (χ0v) is 77.8. The van der Waals surface area contributed by atoms with Crippen LogP contribution in [0.15, 0.2) is 59.8 Å². The molecule has 0 aliphatic heterocycles. The van der Waals surface area contributed by atoms with Gasteiger partial charge in [-0.05, 0) is 196 Å². The number of rotatable bonds is 64. The van der Waals surface area contributed by atoms with E-state index in [-0.39, 0.29) is 11.3 Å². The molecule has 0 bridgehead atoms. The predicted molar refractivity (Wildman–Crippen MR) is 503 cm³/mol. The van der Waals surface area contributed by atoms with Gasteiger partial charge in [0.15, 0.2) is 0 Å². The maximum absolute atomic E-state index is 13.7. The number of hydrogen-bond donors (Lipinski definition) is 0. The molecule has 7 aromatic rings. The van der Waals surface area contributed by atoms with E-state index in [2.05, 4.69) is 129 Å². The van der Waals surface area contributed by atoms with Crippen LogP contribution in [0.4, 0.5) is 0 Å². The molecule has 113 heavy (non-hydrogen) atoms. The number of esters is 2. The lowest BCUT2D eigenvalue weighted by atomic mass is 10.0. The van der Waals surface area contributed by atoms with E-state index in [1.54, 1.807) is 22.7 Å². The number of unbranched alkanes of at least 4 members (excludes halogenated alkanes) is 32. The van der Waals surface area contributed by atoms with Gasteiger partial charge < -0.3 is 9.47 Å². The topological polar surface area (TPSA) is 80.8 Å². The summed E-state index contributed by atoms with van der Waals surface area (Å²) in [5.41, 5.74) is 8.75. The van der Waals surface area contributed by atoms with Gasteiger partial charge in [-0.1, -0.05) is 300 Å². The van der Waals surface area contributed by atoms with Crippen molar-refractivity contribution in [1.29, 1.82) is 5.26 Å². The highest BCUT2D eigenvalue weighted by atomic mass is 32.1. The van der Waals surface area contributed by atoms with Crippen molar-refractivity contribution in [2.24, 2.45) is 11.8 Å². The van der Waals surface area contributed by atoms with E-state index < -0.39 is 11.9 Å². The maximum atomic E-state index is 13.7. The molecule has 0 aliphatic carbocycles. The lowest BCUT2D eigenvalue weighted by molar-refractivity contribution is -0.140. The summed E-state index contributed by atoms with van der Waals surface area (Å²) in [5, 5.41) is 10.5. The first kappa shape index (κ1) is 95.4. The fourth-order valence-electron chi connectivity index (χ4n) is 15.6. The minimum atomic E-state index is -0.507. The van der Waals surface area contributed by atoms with Crippen LogP contribution in [0.3, 0.4) is 0 Å². The Morgan fingerprint density at radius 1 is 0.345 bits per heavy atom. The summed E-state index contributed by atoms with van der Waals surface area (Å²) in [5.74, 6) is -0.395. The van der Waals surface area contributed by atoms with Gasteiger partial charge >= 0.3 is 11.9 Å². The van der Waals surface area contributed by atoms with Gasteiger partial charge in [0, 0.05) is 68.3 Å². The molecule has 0 spiro atoms. The van der Waals surface area contributed by atoms with E-state index in [4.69, 9.17) is 16.0 Å². The van der Waals surface area contributed by atoms with Gasteiger partial charge in [0.25, 0.3) is 5.70 Å². The highest BCUT2D eigenvalue weighted by molar-refractivity contribution is 7.31. The summed E-state index contributed by atoms with van der Waals surface area (Å²) >= 11 is 13.6. The lowest BCUT2D eigenvalue weighted by Gasteiger charge is -2.14. The SMILES string of the molecule is [C-]#[N+]/C(=C\c1cc(CCCCCCCC)c(-c2cc(CCCCCCCC)c(-c3cc(CCCCCCCC)c(-c4ccc(-c5sc(-c6sc(-c7sc(/C=C(\C#N)C(=O)OCC(CC)CCCC)cc7CCCCCCCC)cc6CCCCCCCC)cc5CCCCCCCC)s4)s3)s2)s1)C(=O)OCC(CC)CCCC. The largest absolute Gasteiger partial charge is 0.470 e. The number of nitriles is 1. The molecular weight excluding hydrogens is 1520 g/mol. The molecule has 0 saturated heterocycles. The molecular formula is C100H146N2O4S7. The Morgan fingerprint density at radius 2 is 0.611 bits per heavy atom. The average molecular weight is 1660 g/mol. The van der Waals surface area contributed by atoms with Crippen molar-refractivity contribution in [1.82, 2.24) is 0 Å². The molecule has 0 fully saturated rings. The van der Waals surface area contributed by atoms with Crippen molar-refractivity contribution in [2.75, 3.05) is 13.2 Å². The quantitative estimate of drug-likeness (QED) is 0.0125. The van der Waals surface area contributed by atoms with Crippen LogP contribution in [0, 0.1) is 29.7 Å². The second-order valence-corrected chi connectivity index (χ2v) is 39.9. The van der Waals surface area contributed by atoms with Crippen molar-refractivity contribution >= 4 is 103 Å². The molecule has 0 aromatic carbocycles. The van der Waals surface area contributed by atoms with Crippen LogP contribution in [0.2, 0.25) is 0 Å². The van der Waals surface area contributed by atoms with Crippen LogP contribution in [0.1, 0.15) is 395 Å². The number of carbonyl (C=O) groups is 2. The second kappa shape index (κ2) is 56.6. The van der Waals surface area contributed by atoms with Crippen molar-refractivity contribution < 1.29 is 19.1 Å². The molecule has 0 amide bonds. The number of hydrogen-bond acceptors (Lipinski definition) is 12. The van der Waals surface area contributed by atoms with Crippen LogP contribution >= 0.6 is 79.4 Å². The fraction of sp³-hybridized carbons (Fsp3) is 0.640. The number of carbonyl (C=O) groups excluding carboxylic acids is 2. The molecule has 7 aromatic heterocycles. The molecule has 0 saturated carbocycles. The molecule has 6 nitrogen and oxygen atoms in total. The van der Waals surface area contributed by atoms with Gasteiger partial charge in [-0.3, -0.25) is 4.79 Å². The predicted octanol–water partition coefficient (Wildman–Crippen LogP) is 35.2. The summed E-state index contributed by atoms with van der Waals surface area (Å²) in [6.07, 6.45) is 63.3. The van der Waals surface area contributed by atoms with Crippen LogP contribution in [-0.4, -0.2) is 25.2 Å². The second-order valence-electron chi connectivity index (χ2n) is 32.5. The zero-order valence-electron chi connectivity index (χ0n) is 72.1. The first-order valence-electron chi connectivity index (χ1n) is 45.8. The fourth-order valence-corrected chi connectivity index (χ4v) is 24.6. The number of thiophene rings is 7. The van der Waals surface area contributed by atoms with Crippen molar-refractivity contribution in [3.8, 4) is 64.6 Å². The van der Waals surface area contributed by atoms with Crippen LogP contribution in [0.5, 0.6) is 0 Å². The summed E-state index contributed by atoms with van der Waals surface area (Å²) in [6.45, 7) is 31.6.